The highest BCUT2D eigenvalue weighted by atomic mass is 16.2. The van der Waals surface area contributed by atoms with Gasteiger partial charge in [-0.25, -0.2) is 0 Å². The summed E-state index contributed by atoms with van der Waals surface area (Å²) in [4.78, 5) is 16.4. The van der Waals surface area contributed by atoms with E-state index in [9.17, 15) is 4.79 Å². The van der Waals surface area contributed by atoms with E-state index in [0.29, 0.717) is 17.1 Å². The van der Waals surface area contributed by atoms with E-state index >= 15 is 0 Å². The third-order valence-corrected chi connectivity index (χ3v) is 5.42. The molecule has 1 saturated carbocycles. The Bertz CT molecular complexity index is 833. The number of nitrogens with zero attached hydrogens (tertiary/aromatic N) is 6. The molecule has 2 fully saturated rings. The molecule has 0 N–H and O–H groups in total. The molecule has 4 rings (SSSR count). The molecular formula is C19H22N6O. The van der Waals surface area contributed by atoms with Gasteiger partial charge in [-0.1, -0.05) is 18.9 Å². The molecule has 0 radical (unpaired) electrons. The van der Waals surface area contributed by atoms with E-state index in [1.54, 1.807) is 18.2 Å². The first-order chi connectivity index (χ1) is 12.8. The van der Waals surface area contributed by atoms with Crippen molar-refractivity contribution < 1.29 is 4.79 Å². The van der Waals surface area contributed by atoms with Crippen molar-refractivity contribution in [1.82, 2.24) is 25.1 Å². The summed E-state index contributed by atoms with van der Waals surface area (Å²) in [5.41, 5.74) is 1.25. The summed E-state index contributed by atoms with van der Waals surface area (Å²) < 4.78 is 0. The van der Waals surface area contributed by atoms with Gasteiger partial charge in [0, 0.05) is 12.5 Å². The van der Waals surface area contributed by atoms with E-state index in [2.05, 4.69) is 21.5 Å². The van der Waals surface area contributed by atoms with Crippen molar-refractivity contribution in [2.24, 2.45) is 5.92 Å². The molecule has 7 nitrogen and oxygen atoms in total. The number of carbonyl (C=O) groups is 1. The van der Waals surface area contributed by atoms with Crippen molar-refractivity contribution in [2.75, 3.05) is 6.54 Å². The Kier molecular flexibility index (Phi) is 4.65. The minimum absolute atomic E-state index is 0.0928. The van der Waals surface area contributed by atoms with Crippen LogP contribution in [0.15, 0.2) is 24.3 Å². The molecule has 1 aromatic carbocycles. The van der Waals surface area contributed by atoms with Crippen LogP contribution in [0.2, 0.25) is 0 Å². The molecule has 134 valence electrons. The van der Waals surface area contributed by atoms with Crippen LogP contribution < -0.4 is 0 Å². The number of carbonyl (C=O) groups excluding carboxylic acids is 1. The second-order valence-corrected chi connectivity index (χ2v) is 7.12. The van der Waals surface area contributed by atoms with Crippen molar-refractivity contribution in [2.45, 2.75) is 51.0 Å². The van der Waals surface area contributed by atoms with Gasteiger partial charge in [0.15, 0.2) is 5.82 Å². The van der Waals surface area contributed by atoms with Crippen LogP contribution in [-0.4, -0.2) is 37.6 Å². The van der Waals surface area contributed by atoms with Gasteiger partial charge in [0.1, 0.15) is 0 Å². The predicted octanol–water partition coefficient (Wildman–Crippen LogP) is 2.78. The van der Waals surface area contributed by atoms with Gasteiger partial charge in [-0.2, -0.15) is 5.26 Å². The molecule has 2 heterocycles. The van der Waals surface area contributed by atoms with E-state index in [-0.39, 0.29) is 17.9 Å². The fourth-order valence-electron chi connectivity index (χ4n) is 4.04. The normalized spacial score (nSPS) is 20.9. The zero-order valence-electron chi connectivity index (χ0n) is 14.7. The van der Waals surface area contributed by atoms with Gasteiger partial charge in [0.2, 0.25) is 5.91 Å². The summed E-state index contributed by atoms with van der Waals surface area (Å²) in [6.45, 7) is 0.776. The van der Waals surface area contributed by atoms with Crippen LogP contribution in [0.3, 0.4) is 0 Å². The van der Waals surface area contributed by atoms with Gasteiger partial charge in [0.05, 0.1) is 23.4 Å². The van der Waals surface area contributed by atoms with Crippen molar-refractivity contribution in [3.63, 3.8) is 0 Å². The largest absolute Gasteiger partial charge is 0.332 e. The number of hydrogen-bond donors (Lipinski definition) is 0. The van der Waals surface area contributed by atoms with Gasteiger partial charge in [0.25, 0.3) is 0 Å². The number of benzene rings is 1. The highest BCUT2D eigenvalue weighted by Crippen LogP contribution is 2.34. The molecule has 7 heteroatoms. The maximum Gasteiger partial charge on any atom is 0.226 e. The third-order valence-electron chi connectivity index (χ3n) is 5.42. The molecule has 1 saturated heterocycles. The van der Waals surface area contributed by atoms with Gasteiger partial charge in [-0.3, -0.25) is 4.79 Å². The zero-order valence-corrected chi connectivity index (χ0v) is 14.7. The second-order valence-electron chi connectivity index (χ2n) is 7.12. The molecule has 26 heavy (non-hydrogen) atoms. The molecule has 1 unspecified atom stereocenters. The Morgan fingerprint density at radius 3 is 2.77 bits per heavy atom. The topological polar surface area (TPSA) is 87.7 Å². The van der Waals surface area contributed by atoms with E-state index in [0.717, 1.165) is 51.5 Å². The van der Waals surface area contributed by atoms with Gasteiger partial charge in [-0.05, 0) is 55.5 Å². The maximum atomic E-state index is 13.0. The lowest BCUT2D eigenvalue weighted by Crippen LogP contribution is -2.41. The van der Waals surface area contributed by atoms with Crippen LogP contribution in [0, 0.1) is 17.2 Å². The van der Waals surface area contributed by atoms with Crippen molar-refractivity contribution in [3.8, 4) is 11.8 Å². The van der Waals surface area contributed by atoms with Crippen LogP contribution in [-0.2, 0) is 4.79 Å². The van der Waals surface area contributed by atoms with Crippen molar-refractivity contribution in [1.29, 1.82) is 5.26 Å². The predicted molar refractivity (Wildman–Crippen MR) is 94.1 cm³/mol. The van der Waals surface area contributed by atoms with Crippen LogP contribution in [0.1, 0.15) is 62.4 Å². The molecule has 2 aliphatic rings. The minimum Gasteiger partial charge on any atom is -0.332 e. The lowest BCUT2D eigenvalue weighted by molar-refractivity contribution is -0.139. The Balaban J connectivity index is 1.58. The molecule has 1 amide bonds. The molecule has 1 aliphatic heterocycles. The number of likely N-dealkylation sites (tertiary alicyclic amines) is 1. The lowest BCUT2D eigenvalue weighted by Gasteiger charge is -2.35. The molecule has 0 spiro atoms. The van der Waals surface area contributed by atoms with Crippen molar-refractivity contribution >= 4 is 5.91 Å². The van der Waals surface area contributed by atoms with E-state index < -0.39 is 0 Å². The minimum atomic E-state index is -0.0928. The first kappa shape index (κ1) is 16.7. The summed E-state index contributed by atoms with van der Waals surface area (Å²) in [6.07, 6.45) is 7.29. The molecule has 1 aliphatic carbocycles. The molecule has 0 bridgehead atoms. The third kappa shape index (κ3) is 3.19. The summed E-state index contributed by atoms with van der Waals surface area (Å²) in [7, 11) is 0. The van der Waals surface area contributed by atoms with Crippen LogP contribution in [0.4, 0.5) is 0 Å². The second kappa shape index (κ2) is 7.24. The van der Waals surface area contributed by atoms with Crippen molar-refractivity contribution in [3.05, 3.63) is 35.7 Å². The molecular weight excluding hydrogens is 328 g/mol. The average molecular weight is 350 g/mol. The SMILES string of the molecule is N#Cc1cccc(-n2nnc(C3CCCCN3C(=O)C3CCCC3)n2)c1. The smallest absolute Gasteiger partial charge is 0.226 e. The number of amides is 1. The van der Waals surface area contributed by atoms with Crippen LogP contribution in [0.5, 0.6) is 0 Å². The summed E-state index contributed by atoms with van der Waals surface area (Å²) in [6, 6.07) is 9.14. The zero-order chi connectivity index (χ0) is 17.9. The fourth-order valence-corrected chi connectivity index (χ4v) is 4.04. The highest BCUT2D eigenvalue weighted by Gasteiger charge is 2.35. The number of hydrogen-bond acceptors (Lipinski definition) is 5. The van der Waals surface area contributed by atoms with E-state index in [1.807, 2.05) is 11.0 Å². The summed E-state index contributed by atoms with van der Waals surface area (Å²) in [5.74, 6) is 1.02. The first-order valence-corrected chi connectivity index (χ1v) is 9.37. The Labute approximate surface area is 152 Å². The fraction of sp³-hybridized carbons (Fsp3) is 0.526. The summed E-state index contributed by atoms with van der Waals surface area (Å²) >= 11 is 0. The molecule has 2 aromatic rings. The van der Waals surface area contributed by atoms with Crippen LogP contribution in [0.25, 0.3) is 5.69 Å². The quantitative estimate of drug-likeness (QED) is 0.849. The van der Waals surface area contributed by atoms with Gasteiger partial charge >= 0.3 is 0 Å². The van der Waals surface area contributed by atoms with E-state index in [1.165, 1.54) is 4.80 Å². The van der Waals surface area contributed by atoms with Gasteiger partial charge in [-0.15, -0.1) is 15.0 Å². The molecule has 1 atom stereocenters. The molecule has 1 aromatic heterocycles. The standard InChI is InChI=1S/C19H22N6O/c20-13-14-6-5-9-16(12-14)25-22-18(21-23-25)17-10-3-4-11-24(17)19(26)15-7-1-2-8-15/h5-6,9,12,15,17H,1-4,7-8,10-11H2. The summed E-state index contributed by atoms with van der Waals surface area (Å²) in [5, 5.41) is 22.0. The van der Waals surface area contributed by atoms with Crippen LogP contribution >= 0.6 is 0 Å². The Morgan fingerprint density at radius 2 is 1.96 bits per heavy atom. The number of rotatable bonds is 3. The Morgan fingerprint density at radius 1 is 1.15 bits per heavy atom. The monoisotopic (exact) mass is 350 g/mol. The Hall–Kier alpha value is -2.75. The number of tetrazole rings is 1. The number of aromatic nitrogens is 4. The first-order valence-electron chi connectivity index (χ1n) is 9.37. The number of piperidine rings is 1. The van der Waals surface area contributed by atoms with E-state index in [4.69, 9.17) is 5.26 Å². The lowest BCUT2D eigenvalue weighted by atomic mass is 9.98. The maximum absolute atomic E-state index is 13.0. The number of nitriles is 1. The van der Waals surface area contributed by atoms with Gasteiger partial charge < -0.3 is 4.90 Å². The highest BCUT2D eigenvalue weighted by molar-refractivity contribution is 5.79. The average Bonchev–Trinajstić information content (AvgIpc) is 3.39.